The predicted molar refractivity (Wildman–Crippen MR) is 84.8 cm³/mol. The highest BCUT2D eigenvalue weighted by molar-refractivity contribution is 5.84. The average molecular weight is 325 g/mol. The number of ether oxygens (including phenoxy) is 1. The first kappa shape index (κ1) is 19.1. The van der Waals surface area contributed by atoms with Gasteiger partial charge in [-0.1, -0.05) is 39.8 Å². The molecule has 0 aromatic carbocycles. The first-order valence-electron chi connectivity index (χ1n) is 7.94. The van der Waals surface area contributed by atoms with E-state index in [1.807, 2.05) is 13.8 Å². The molecule has 0 spiro atoms. The molecule has 1 aromatic heterocycles. The van der Waals surface area contributed by atoms with Crippen molar-refractivity contribution in [3.8, 4) is 0 Å². The van der Waals surface area contributed by atoms with Gasteiger partial charge < -0.3 is 14.6 Å². The van der Waals surface area contributed by atoms with Crippen LogP contribution < -0.4 is 5.32 Å². The van der Waals surface area contributed by atoms with Crippen LogP contribution in [0.4, 0.5) is 0 Å². The molecule has 1 unspecified atom stereocenters. The van der Waals surface area contributed by atoms with Crippen molar-refractivity contribution in [3.05, 3.63) is 11.7 Å². The number of rotatable bonds is 7. The molecule has 0 fully saturated rings. The second-order valence-electron chi connectivity index (χ2n) is 6.86. The summed E-state index contributed by atoms with van der Waals surface area (Å²) in [5, 5.41) is 6.61. The van der Waals surface area contributed by atoms with Crippen molar-refractivity contribution in [1.82, 2.24) is 15.5 Å². The topological polar surface area (TPSA) is 94.3 Å². The summed E-state index contributed by atoms with van der Waals surface area (Å²) >= 11 is 0. The summed E-state index contributed by atoms with van der Waals surface area (Å²) in [5.74, 6) is -0.254. The molecule has 7 heteroatoms. The van der Waals surface area contributed by atoms with Crippen molar-refractivity contribution in [3.63, 3.8) is 0 Å². The van der Waals surface area contributed by atoms with Gasteiger partial charge in [0.05, 0.1) is 6.61 Å². The van der Waals surface area contributed by atoms with E-state index >= 15 is 0 Å². The minimum atomic E-state index is -0.636. The summed E-state index contributed by atoms with van der Waals surface area (Å²) in [6.45, 7) is 12.6. The van der Waals surface area contributed by atoms with E-state index in [0.29, 0.717) is 18.8 Å². The fourth-order valence-electron chi connectivity index (χ4n) is 2.73. The predicted octanol–water partition coefficient (Wildman–Crippen LogP) is 2.22. The number of carbonyl (C=O) groups is 2. The molecule has 0 aliphatic carbocycles. The number of nitrogens with zero attached hydrogens (tertiary/aromatic N) is 2. The van der Waals surface area contributed by atoms with Gasteiger partial charge in [-0.2, -0.15) is 4.98 Å². The molecule has 7 nitrogen and oxygen atoms in total. The Morgan fingerprint density at radius 3 is 2.48 bits per heavy atom. The van der Waals surface area contributed by atoms with Crippen LogP contribution in [-0.4, -0.2) is 35.2 Å². The molecule has 0 saturated carbocycles. The molecule has 0 aliphatic heterocycles. The summed E-state index contributed by atoms with van der Waals surface area (Å²) in [7, 11) is 0. The average Bonchev–Trinajstić information content (AvgIpc) is 2.85. The van der Waals surface area contributed by atoms with E-state index in [-0.39, 0.29) is 35.7 Å². The molecule has 1 amide bonds. The Kier molecular flexibility index (Phi) is 6.72. The Bertz CT molecular complexity index is 532. The van der Waals surface area contributed by atoms with Gasteiger partial charge in [-0.05, 0) is 18.3 Å². The number of hydrogen-bond donors (Lipinski definition) is 1. The number of nitrogens with one attached hydrogen (secondary N) is 1. The lowest BCUT2D eigenvalue weighted by Gasteiger charge is -2.32. The largest absolute Gasteiger partial charge is 0.459 e. The molecular formula is C16H27N3O4. The van der Waals surface area contributed by atoms with Crippen LogP contribution in [-0.2, 0) is 16.0 Å². The van der Waals surface area contributed by atoms with Gasteiger partial charge in [0, 0.05) is 18.9 Å². The van der Waals surface area contributed by atoms with Crippen LogP contribution in [0.25, 0.3) is 0 Å². The summed E-state index contributed by atoms with van der Waals surface area (Å²) in [5.41, 5.74) is -0.110. The van der Waals surface area contributed by atoms with Crippen LogP contribution in [0.15, 0.2) is 4.52 Å². The summed E-state index contributed by atoms with van der Waals surface area (Å²) in [6, 6.07) is 0. The van der Waals surface area contributed by atoms with Gasteiger partial charge in [0.15, 0.2) is 5.82 Å². The monoisotopic (exact) mass is 325 g/mol. The molecule has 0 radical (unpaired) electrons. The van der Waals surface area contributed by atoms with Crippen LogP contribution in [0.3, 0.4) is 0 Å². The smallest absolute Gasteiger partial charge is 0.397 e. The SMILES string of the molecule is CCOC(=O)c1nc(CCNC(=O)C(C(C)C)C(C)(C)C)no1. The van der Waals surface area contributed by atoms with Crippen molar-refractivity contribution in [2.75, 3.05) is 13.2 Å². The number of amides is 1. The molecule has 0 bridgehead atoms. The van der Waals surface area contributed by atoms with Crippen LogP contribution in [0, 0.1) is 17.3 Å². The van der Waals surface area contributed by atoms with Gasteiger partial charge in [-0.3, -0.25) is 4.79 Å². The molecular weight excluding hydrogens is 298 g/mol. The van der Waals surface area contributed by atoms with Gasteiger partial charge in [-0.15, -0.1) is 0 Å². The fraction of sp³-hybridized carbons (Fsp3) is 0.750. The highest BCUT2D eigenvalue weighted by atomic mass is 16.6. The van der Waals surface area contributed by atoms with Crippen LogP contribution >= 0.6 is 0 Å². The van der Waals surface area contributed by atoms with E-state index in [1.54, 1.807) is 6.92 Å². The van der Waals surface area contributed by atoms with Crippen LogP contribution in [0.2, 0.25) is 0 Å². The van der Waals surface area contributed by atoms with Crippen molar-refractivity contribution in [2.24, 2.45) is 17.3 Å². The van der Waals surface area contributed by atoms with E-state index in [9.17, 15) is 9.59 Å². The van der Waals surface area contributed by atoms with Crippen molar-refractivity contribution < 1.29 is 18.8 Å². The Morgan fingerprint density at radius 1 is 1.30 bits per heavy atom. The molecule has 1 atom stereocenters. The lowest BCUT2D eigenvalue weighted by molar-refractivity contribution is -0.130. The van der Waals surface area contributed by atoms with Gasteiger partial charge in [0.1, 0.15) is 0 Å². The molecule has 0 aliphatic rings. The third-order valence-corrected chi connectivity index (χ3v) is 3.45. The van der Waals surface area contributed by atoms with Gasteiger partial charge in [0.2, 0.25) is 5.91 Å². The van der Waals surface area contributed by atoms with Crippen molar-refractivity contribution >= 4 is 11.9 Å². The van der Waals surface area contributed by atoms with Gasteiger partial charge in [-0.25, -0.2) is 4.79 Å². The molecule has 1 heterocycles. The molecule has 1 N–H and O–H groups in total. The Balaban J connectivity index is 2.53. The minimum Gasteiger partial charge on any atom is -0.459 e. The highest BCUT2D eigenvalue weighted by Gasteiger charge is 2.33. The maximum Gasteiger partial charge on any atom is 0.397 e. The zero-order valence-electron chi connectivity index (χ0n) is 14.8. The zero-order chi connectivity index (χ0) is 17.6. The second kappa shape index (κ2) is 8.08. The fourth-order valence-corrected chi connectivity index (χ4v) is 2.73. The molecule has 1 aromatic rings. The number of aromatic nitrogens is 2. The Labute approximate surface area is 137 Å². The molecule has 1 rings (SSSR count). The quantitative estimate of drug-likeness (QED) is 0.773. The summed E-state index contributed by atoms with van der Waals surface area (Å²) < 4.78 is 9.60. The third kappa shape index (κ3) is 5.65. The van der Waals surface area contributed by atoms with E-state index in [0.717, 1.165) is 0 Å². The van der Waals surface area contributed by atoms with Crippen molar-refractivity contribution in [1.29, 1.82) is 0 Å². The third-order valence-electron chi connectivity index (χ3n) is 3.45. The highest BCUT2D eigenvalue weighted by Crippen LogP contribution is 2.32. The van der Waals surface area contributed by atoms with Crippen LogP contribution in [0.5, 0.6) is 0 Å². The first-order chi connectivity index (χ1) is 10.7. The molecule has 130 valence electrons. The van der Waals surface area contributed by atoms with E-state index in [1.165, 1.54) is 0 Å². The van der Waals surface area contributed by atoms with E-state index < -0.39 is 5.97 Å². The standard InChI is InChI=1S/C16H27N3O4/c1-7-22-15(21)14-18-11(19-23-14)8-9-17-13(20)12(10(2)3)16(4,5)6/h10,12H,7-9H2,1-6H3,(H,17,20). The Hall–Kier alpha value is -1.92. The Morgan fingerprint density at radius 2 is 1.96 bits per heavy atom. The van der Waals surface area contributed by atoms with E-state index in [4.69, 9.17) is 9.26 Å². The molecule has 0 saturated heterocycles. The minimum absolute atomic E-state index is 0.0154. The molecule has 23 heavy (non-hydrogen) atoms. The summed E-state index contributed by atoms with van der Waals surface area (Å²) in [6.07, 6.45) is 0.392. The lowest BCUT2D eigenvalue weighted by Crippen LogP contribution is -2.41. The number of hydrogen-bond acceptors (Lipinski definition) is 6. The maximum atomic E-state index is 12.4. The zero-order valence-corrected chi connectivity index (χ0v) is 14.8. The van der Waals surface area contributed by atoms with Gasteiger partial charge >= 0.3 is 11.9 Å². The first-order valence-corrected chi connectivity index (χ1v) is 7.94. The van der Waals surface area contributed by atoms with Gasteiger partial charge in [0.25, 0.3) is 0 Å². The van der Waals surface area contributed by atoms with E-state index in [2.05, 4.69) is 36.2 Å². The summed E-state index contributed by atoms with van der Waals surface area (Å²) in [4.78, 5) is 27.7. The van der Waals surface area contributed by atoms with Crippen molar-refractivity contribution in [2.45, 2.75) is 48.0 Å². The number of esters is 1. The number of carbonyl (C=O) groups excluding carboxylic acids is 2. The normalized spacial score (nSPS) is 13.0. The second-order valence-corrected chi connectivity index (χ2v) is 6.86. The van der Waals surface area contributed by atoms with Crippen LogP contribution in [0.1, 0.15) is 58.1 Å². The maximum absolute atomic E-state index is 12.4. The lowest BCUT2D eigenvalue weighted by atomic mass is 9.74.